The molecule has 1 unspecified atom stereocenters. The van der Waals surface area contributed by atoms with Gasteiger partial charge in [0.05, 0.1) is 16.6 Å². The van der Waals surface area contributed by atoms with Gasteiger partial charge >= 0.3 is 5.97 Å². The van der Waals surface area contributed by atoms with E-state index in [1.54, 1.807) is 19.9 Å². The standard InChI is InChI=1S/C20H25N3O4/c1-12-17-15(11-16(14-7-8-14)21-18(17)27-22-12)20(25)26-13(2)19(24)23-9-5-3-4-6-10-23/h11,13-14H,3-10H2,1-2H3. The van der Waals surface area contributed by atoms with Crippen molar-refractivity contribution in [2.75, 3.05) is 13.1 Å². The summed E-state index contributed by atoms with van der Waals surface area (Å²) in [6.07, 6.45) is 5.59. The van der Waals surface area contributed by atoms with E-state index in [-0.39, 0.29) is 5.91 Å². The number of aromatic nitrogens is 2. The molecule has 1 amide bonds. The maximum absolute atomic E-state index is 12.9. The van der Waals surface area contributed by atoms with Crippen LogP contribution in [0.4, 0.5) is 0 Å². The summed E-state index contributed by atoms with van der Waals surface area (Å²) in [6.45, 7) is 4.88. The Morgan fingerprint density at radius 2 is 1.93 bits per heavy atom. The summed E-state index contributed by atoms with van der Waals surface area (Å²) in [5, 5.41) is 4.51. The normalized spacial score (nSPS) is 19.0. The van der Waals surface area contributed by atoms with Crippen molar-refractivity contribution >= 4 is 23.0 Å². The molecule has 7 nitrogen and oxygen atoms in total. The van der Waals surface area contributed by atoms with Crippen LogP contribution in [-0.2, 0) is 9.53 Å². The molecule has 4 rings (SSSR count). The number of carbonyl (C=O) groups excluding carboxylic acids is 2. The Morgan fingerprint density at radius 3 is 2.59 bits per heavy atom. The number of amides is 1. The van der Waals surface area contributed by atoms with Gasteiger partial charge in [-0.2, -0.15) is 0 Å². The third kappa shape index (κ3) is 3.68. The van der Waals surface area contributed by atoms with Crippen LogP contribution in [0, 0.1) is 6.92 Å². The first kappa shape index (κ1) is 17.9. The number of pyridine rings is 1. The summed E-state index contributed by atoms with van der Waals surface area (Å²) in [6, 6.07) is 1.77. The van der Waals surface area contributed by atoms with Gasteiger partial charge in [-0.1, -0.05) is 18.0 Å². The fourth-order valence-corrected chi connectivity index (χ4v) is 3.69. The molecular formula is C20H25N3O4. The van der Waals surface area contributed by atoms with E-state index in [0.717, 1.165) is 57.3 Å². The van der Waals surface area contributed by atoms with Crippen LogP contribution < -0.4 is 0 Å². The molecule has 2 aromatic heterocycles. The second kappa shape index (κ2) is 7.29. The van der Waals surface area contributed by atoms with Crippen LogP contribution in [0.15, 0.2) is 10.6 Å². The number of nitrogens with zero attached hydrogens (tertiary/aromatic N) is 3. The van der Waals surface area contributed by atoms with Gasteiger partial charge in [-0.05, 0) is 45.6 Å². The Kier molecular flexibility index (Phi) is 4.85. The van der Waals surface area contributed by atoms with Crippen LogP contribution in [0.1, 0.15) is 73.1 Å². The van der Waals surface area contributed by atoms with Crippen LogP contribution in [0.3, 0.4) is 0 Å². The summed E-state index contributed by atoms with van der Waals surface area (Å²) in [5.41, 5.74) is 2.17. The number of ether oxygens (including phenoxy) is 1. The SMILES string of the molecule is Cc1noc2nc(C3CC3)cc(C(=O)OC(C)C(=O)N3CCCCCC3)c12. The molecule has 1 saturated heterocycles. The molecule has 27 heavy (non-hydrogen) atoms. The zero-order chi connectivity index (χ0) is 19.0. The number of carbonyl (C=O) groups is 2. The topological polar surface area (TPSA) is 85.5 Å². The zero-order valence-electron chi connectivity index (χ0n) is 15.9. The smallest absolute Gasteiger partial charge is 0.339 e. The van der Waals surface area contributed by atoms with Gasteiger partial charge in [0.15, 0.2) is 6.10 Å². The van der Waals surface area contributed by atoms with E-state index in [2.05, 4.69) is 10.1 Å². The number of hydrogen-bond acceptors (Lipinski definition) is 6. The first-order valence-corrected chi connectivity index (χ1v) is 9.81. The van der Waals surface area contributed by atoms with E-state index >= 15 is 0 Å². The number of aryl methyl sites for hydroxylation is 1. The molecule has 0 bridgehead atoms. The molecule has 0 radical (unpaired) electrons. The lowest BCUT2D eigenvalue weighted by molar-refractivity contribution is -0.139. The van der Waals surface area contributed by atoms with Gasteiger partial charge in [0, 0.05) is 24.7 Å². The average Bonchev–Trinajstić information content (AvgIpc) is 3.47. The van der Waals surface area contributed by atoms with E-state index in [4.69, 9.17) is 9.26 Å². The predicted molar refractivity (Wildman–Crippen MR) is 98.4 cm³/mol. The number of fused-ring (bicyclic) bond motifs is 1. The molecule has 3 heterocycles. The quantitative estimate of drug-likeness (QED) is 0.766. The number of likely N-dealkylation sites (tertiary alicyclic amines) is 1. The minimum atomic E-state index is -0.816. The molecule has 144 valence electrons. The molecule has 2 fully saturated rings. The van der Waals surface area contributed by atoms with Crippen LogP contribution in [0.5, 0.6) is 0 Å². The Morgan fingerprint density at radius 1 is 1.22 bits per heavy atom. The van der Waals surface area contributed by atoms with Crippen LogP contribution in [-0.4, -0.2) is 46.1 Å². The maximum atomic E-state index is 12.9. The lowest BCUT2D eigenvalue weighted by Gasteiger charge is -2.24. The molecule has 2 aromatic rings. The number of hydrogen-bond donors (Lipinski definition) is 0. The lowest BCUT2D eigenvalue weighted by Crippen LogP contribution is -2.40. The van der Waals surface area contributed by atoms with Crippen molar-refractivity contribution in [3.8, 4) is 0 Å². The minimum absolute atomic E-state index is 0.125. The summed E-state index contributed by atoms with van der Waals surface area (Å²) in [7, 11) is 0. The van der Waals surface area contributed by atoms with Gasteiger partial charge < -0.3 is 14.2 Å². The molecule has 0 N–H and O–H groups in total. The van der Waals surface area contributed by atoms with Gasteiger partial charge in [-0.3, -0.25) is 4.79 Å². The largest absolute Gasteiger partial charge is 0.449 e. The van der Waals surface area contributed by atoms with E-state index in [9.17, 15) is 9.59 Å². The molecule has 1 aliphatic carbocycles. The highest BCUT2D eigenvalue weighted by Crippen LogP contribution is 2.40. The second-order valence-corrected chi connectivity index (χ2v) is 7.60. The van der Waals surface area contributed by atoms with Gasteiger partial charge in [0.2, 0.25) is 0 Å². The fourth-order valence-electron chi connectivity index (χ4n) is 3.69. The van der Waals surface area contributed by atoms with E-state index in [1.807, 2.05) is 4.90 Å². The minimum Gasteiger partial charge on any atom is -0.449 e. The van der Waals surface area contributed by atoms with E-state index in [1.165, 1.54) is 0 Å². The Bertz CT molecular complexity index is 863. The number of esters is 1. The predicted octanol–water partition coefficient (Wildman–Crippen LogP) is 3.36. The molecule has 0 aromatic carbocycles. The summed E-state index contributed by atoms with van der Waals surface area (Å²) >= 11 is 0. The van der Waals surface area contributed by atoms with Gasteiger partial charge in [0.25, 0.3) is 11.6 Å². The Hall–Kier alpha value is -2.44. The van der Waals surface area contributed by atoms with Crippen LogP contribution in [0.2, 0.25) is 0 Å². The third-order valence-electron chi connectivity index (χ3n) is 5.40. The molecular weight excluding hydrogens is 346 g/mol. The molecule has 1 aliphatic heterocycles. The van der Waals surface area contributed by atoms with Crippen molar-refractivity contribution in [1.82, 2.24) is 15.0 Å². The first-order chi connectivity index (χ1) is 13.0. The van der Waals surface area contributed by atoms with Gasteiger partial charge in [-0.25, -0.2) is 9.78 Å². The zero-order valence-corrected chi connectivity index (χ0v) is 15.9. The highest BCUT2D eigenvalue weighted by Gasteiger charge is 2.31. The molecule has 0 spiro atoms. The summed E-state index contributed by atoms with van der Waals surface area (Å²) in [5.74, 6) is -0.284. The van der Waals surface area contributed by atoms with Crippen molar-refractivity contribution in [3.63, 3.8) is 0 Å². The first-order valence-electron chi connectivity index (χ1n) is 9.81. The fraction of sp³-hybridized carbons (Fsp3) is 0.600. The average molecular weight is 371 g/mol. The summed E-state index contributed by atoms with van der Waals surface area (Å²) < 4.78 is 10.8. The second-order valence-electron chi connectivity index (χ2n) is 7.60. The van der Waals surface area contributed by atoms with Crippen molar-refractivity contribution in [2.24, 2.45) is 0 Å². The van der Waals surface area contributed by atoms with Crippen molar-refractivity contribution in [3.05, 3.63) is 23.0 Å². The van der Waals surface area contributed by atoms with Crippen molar-refractivity contribution in [2.45, 2.75) is 64.4 Å². The van der Waals surface area contributed by atoms with Crippen molar-refractivity contribution in [1.29, 1.82) is 0 Å². The Balaban J connectivity index is 1.55. The van der Waals surface area contributed by atoms with Crippen molar-refractivity contribution < 1.29 is 18.8 Å². The van der Waals surface area contributed by atoms with E-state index in [0.29, 0.717) is 28.3 Å². The number of rotatable bonds is 4. The highest BCUT2D eigenvalue weighted by molar-refractivity contribution is 6.04. The van der Waals surface area contributed by atoms with Gasteiger partial charge in [0.1, 0.15) is 0 Å². The monoisotopic (exact) mass is 371 g/mol. The third-order valence-corrected chi connectivity index (χ3v) is 5.40. The highest BCUT2D eigenvalue weighted by atomic mass is 16.5. The van der Waals surface area contributed by atoms with Gasteiger partial charge in [-0.15, -0.1) is 0 Å². The molecule has 7 heteroatoms. The lowest BCUT2D eigenvalue weighted by atomic mass is 10.1. The maximum Gasteiger partial charge on any atom is 0.339 e. The summed E-state index contributed by atoms with van der Waals surface area (Å²) in [4.78, 5) is 31.9. The molecule has 2 aliphatic rings. The molecule has 1 saturated carbocycles. The Labute approximate surface area is 158 Å². The van der Waals surface area contributed by atoms with Crippen LogP contribution in [0.25, 0.3) is 11.1 Å². The van der Waals surface area contributed by atoms with Crippen LogP contribution >= 0.6 is 0 Å². The molecule has 1 atom stereocenters. The van der Waals surface area contributed by atoms with E-state index < -0.39 is 12.1 Å².